The average molecular weight is 232 g/mol. The quantitative estimate of drug-likeness (QED) is 0.708. The molecule has 2 N–H and O–H groups in total. The number of aliphatic hydroxyl groups excluding tert-OH is 1. The number of aliphatic carboxylic acids is 1. The van der Waals surface area contributed by atoms with E-state index < -0.39 is 29.6 Å². The van der Waals surface area contributed by atoms with E-state index in [4.69, 9.17) is 9.84 Å². The molecule has 5 heteroatoms. The van der Waals surface area contributed by atoms with Crippen LogP contribution in [0.5, 0.6) is 0 Å². The second kappa shape index (κ2) is 5.30. The van der Waals surface area contributed by atoms with Crippen molar-refractivity contribution in [2.45, 2.75) is 46.3 Å². The van der Waals surface area contributed by atoms with Gasteiger partial charge in [0.15, 0.2) is 6.10 Å². The van der Waals surface area contributed by atoms with Crippen LogP contribution in [0, 0.1) is 11.8 Å². The summed E-state index contributed by atoms with van der Waals surface area (Å²) >= 11 is 0. The third-order valence-electron chi connectivity index (χ3n) is 1.99. The van der Waals surface area contributed by atoms with Gasteiger partial charge in [-0.05, 0) is 26.7 Å². The third-order valence-corrected chi connectivity index (χ3v) is 1.99. The zero-order valence-electron chi connectivity index (χ0n) is 10.4. The Kier molecular flexibility index (Phi) is 4.93. The second-order valence-corrected chi connectivity index (χ2v) is 5.09. The Morgan fingerprint density at radius 1 is 1.19 bits per heavy atom. The highest BCUT2D eigenvalue weighted by Crippen LogP contribution is 2.19. The van der Waals surface area contributed by atoms with Crippen LogP contribution in [-0.4, -0.2) is 33.9 Å². The molecule has 0 radical (unpaired) electrons. The van der Waals surface area contributed by atoms with Crippen molar-refractivity contribution in [3.05, 3.63) is 0 Å². The van der Waals surface area contributed by atoms with E-state index in [9.17, 15) is 14.7 Å². The fourth-order valence-electron chi connectivity index (χ4n) is 1.29. The monoisotopic (exact) mass is 232 g/mol. The number of rotatable bonds is 4. The van der Waals surface area contributed by atoms with E-state index in [1.807, 2.05) is 0 Å². The summed E-state index contributed by atoms with van der Waals surface area (Å²) in [6.07, 6.45) is -1.63. The molecule has 16 heavy (non-hydrogen) atoms. The van der Waals surface area contributed by atoms with Crippen molar-refractivity contribution in [1.82, 2.24) is 0 Å². The summed E-state index contributed by atoms with van der Waals surface area (Å²) in [6.45, 7) is 8.23. The molecule has 0 rings (SSSR count). The first-order valence-electron chi connectivity index (χ1n) is 5.20. The number of carboxylic acids is 1. The molecule has 0 spiro atoms. The number of hydrogen-bond donors (Lipinski definition) is 2. The van der Waals surface area contributed by atoms with E-state index in [-0.39, 0.29) is 5.92 Å². The summed E-state index contributed by atoms with van der Waals surface area (Å²) in [6, 6.07) is 0. The summed E-state index contributed by atoms with van der Waals surface area (Å²) < 4.78 is 4.93. The van der Waals surface area contributed by atoms with E-state index in [1.54, 1.807) is 34.6 Å². The van der Waals surface area contributed by atoms with Gasteiger partial charge in [0.2, 0.25) is 0 Å². The molecule has 0 aromatic rings. The van der Waals surface area contributed by atoms with Gasteiger partial charge in [-0.2, -0.15) is 0 Å². The van der Waals surface area contributed by atoms with Gasteiger partial charge in [0, 0.05) is 0 Å². The smallest absolute Gasteiger partial charge is 0.336 e. The Morgan fingerprint density at radius 2 is 1.62 bits per heavy atom. The van der Waals surface area contributed by atoms with Crippen LogP contribution in [0.4, 0.5) is 0 Å². The fourth-order valence-corrected chi connectivity index (χ4v) is 1.29. The van der Waals surface area contributed by atoms with Gasteiger partial charge in [0.05, 0.1) is 5.92 Å². The van der Waals surface area contributed by atoms with E-state index in [0.29, 0.717) is 0 Å². The van der Waals surface area contributed by atoms with Crippen LogP contribution in [0.25, 0.3) is 0 Å². The van der Waals surface area contributed by atoms with Crippen molar-refractivity contribution < 1.29 is 24.5 Å². The normalized spacial score (nSPS) is 15.7. The predicted molar refractivity (Wildman–Crippen MR) is 57.8 cm³/mol. The van der Waals surface area contributed by atoms with Gasteiger partial charge in [0.25, 0.3) is 0 Å². The lowest BCUT2D eigenvalue weighted by Crippen LogP contribution is -2.41. The molecule has 0 saturated heterocycles. The zero-order chi connectivity index (χ0) is 13.1. The minimum Gasteiger partial charge on any atom is -0.481 e. The highest BCUT2D eigenvalue weighted by Gasteiger charge is 2.37. The molecule has 5 nitrogen and oxygen atoms in total. The fraction of sp³-hybridized carbons (Fsp3) is 0.818. The topological polar surface area (TPSA) is 83.8 Å². The van der Waals surface area contributed by atoms with Crippen molar-refractivity contribution in [3.8, 4) is 0 Å². The molecular weight excluding hydrogens is 212 g/mol. The van der Waals surface area contributed by atoms with E-state index >= 15 is 0 Å². The molecule has 0 aliphatic heterocycles. The van der Waals surface area contributed by atoms with Crippen molar-refractivity contribution in [2.24, 2.45) is 11.8 Å². The number of ether oxygens (including phenoxy) is 1. The summed E-state index contributed by atoms with van der Waals surface area (Å²) in [5.74, 6) is -3.59. The number of esters is 1. The van der Waals surface area contributed by atoms with Crippen LogP contribution in [0.2, 0.25) is 0 Å². The van der Waals surface area contributed by atoms with Crippen LogP contribution >= 0.6 is 0 Å². The Hall–Kier alpha value is -1.10. The summed E-state index contributed by atoms with van der Waals surface area (Å²) in [5.41, 5.74) is -0.738. The molecule has 0 aliphatic carbocycles. The molecule has 2 atom stereocenters. The van der Waals surface area contributed by atoms with Crippen molar-refractivity contribution >= 4 is 11.9 Å². The van der Waals surface area contributed by atoms with E-state index in [0.717, 1.165) is 0 Å². The number of aliphatic hydroxyl groups is 1. The molecule has 0 fully saturated rings. The van der Waals surface area contributed by atoms with Crippen molar-refractivity contribution in [1.29, 1.82) is 0 Å². The number of carbonyl (C=O) groups excluding carboxylic acids is 1. The van der Waals surface area contributed by atoms with Crippen LogP contribution < -0.4 is 0 Å². The van der Waals surface area contributed by atoms with Crippen LogP contribution in [0.3, 0.4) is 0 Å². The van der Waals surface area contributed by atoms with Crippen LogP contribution in [-0.2, 0) is 14.3 Å². The maximum Gasteiger partial charge on any atom is 0.336 e. The van der Waals surface area contributed by atoms with E-state index in [2.05, 4.69) is 0 Å². The molecular formula is C11H20O5. The first kappa shape index (κ1) is 14.9. The Labute approximate surface area is 95.4 Å². The van der Waals surface area contributed by atoms with Crippen molar-refractivity contribution in [3.63, 3.8) is 0 Å². The SMILES string of the molecule is CC(C)[C@H](C(=O)O)[C@@H](O)C(=O)OC(C)(C)C. The molecule has 0 heterocycles. The standard InChI is InChI=1S/C11H20O5/c1-6(2)7(9(13)14)8(12)10(15)16-11(3,4)5/h6-8,12H,1-5H3,(H,13,14)/t7-,8+/m0/s1. The highest BCUT2D eigenvalue weighted by molar-refractivity contribution is 5.83. The zero-order valence-corrected chi connectivity index (χ0v) is 10.4. The first-order chi connectivity index (χ1) is 7.06. The number of carbonyl (C=O) groups is 2. The summed E-state index contributed by atoms with van der Waals surface area (Å²) in [7, 11) is 0. The molecule has 94 valence electrons. The Morgan fingerprint density at radius 3 is 1.88 bits per heavy atom. The molecule has 0 amide bonds. The lowest BCUT2D eigenvalue weighted by atomic mass is 9.90. The van der Waals surface area contributed by atoms with Crippen LogP contribution in [0.1, 0.15) is 34.6 Å². The van der Waals surface area contributed by atoms with Gasteiger partial charge in [-0.1, -0.05) is 13.8 Å². The largest absolute Gasteiger partial charge is 0.481 e. The molecule has 0 aromatic heterocycles. The Bertz CT molecular complexity index is 264. The Balaban J connectivity index is 4.69. The third kappa shape index (κ3) is 4.61. The molecule has 0 bridgehead atoms. The first-order valence-corrected chi connectivity index (χ1v) is 5.20. The molecule has 0 aliphatic rings. The van der Waals surface area contributed by atoms with Gasteiger partial charge < -0.3 is 14.9 Å². The van der Waals surface area contributed by atoms with E-state index in [1.165, 1.54) is 0 Å². The van der Waals surface area contributed by atoms with Crippen molar-refractivity contribution in [2.75, 3.05) is 0 Å². The van der Waals surface area contributed by atoms with Gasteiger partial charge in [-0.15, -0.1) is 0 Å². The predicted octanol–water partition coefficient (Wildman–Crippen LogP) is 1.05. The number of hydrogen-bond acceptors (Lipinski definition) is 4. The summed E-state index contributed by atoms with van der Waals surface area (Å²) in [5, 5.41) is 18.5. The van der Waals surface area contributed by atoms with Gasteiger partial charge in [0.1, 0.15) is 5.60 Å². The maximum atomic E-state index is 11.5. The van der Waals surface area contributed by atoms with Gasteiger partial charge >= 0.3 is 11.9 Å². The summed E-state index contributed by atoms with van der Waals surface area (Å²) in [4.78, 5) is 22.4. The van der Waals surface area contributed by atoms with Crippen LogP contribution in [0.15, 0.2) is 0 Å². The molecule has 0 saturated carbocycles. The lowest BCUT2D eigenvalue weighted by molar-refractivity contribution is -0.174. The maximum absolute atomic E-state index is 11.5. The minimum absolute atomic E-state index is 0.347. The highest BCUT2D eigenvalue weighted by atomic mass is 16.6. The average Bonchev–Trinajstić information content (AvgIpc) is 1.98. The lowest BCUT2D eigenvalue weighted by Gasteiger charge is -2.25. The molecule has 0 unspecified atom stereocenters. The number of carboxylic acid groups (broad SMARTS) is 1. The van der Waals surface area contributed by atoms with Gasteiger partial charge in [-0.3, -0.25) is 4.79 Å². The minimum atomic E-state index is -1.63. The van der Waals surface area contributed by atoms with Gasteiger partial charge in [-0.25, -0.2) is 4.79 Å². The second-order valence-electron chi connectivity index (χ2n) is 5.09. The molecule has 0 aromatic carbocycles.